The van der Waals surface area contributed by atoms with E-state index < -0.39 is 4.92 Å². The van der Waals surface area contributed by atoms with Gasteiger partial charge in [-0.2, -0.15) is 0 Å². The van der Waals surface area contributed by atoms with Gasteiger partial charge in [0.2, 0.25) is 12.3 Å². The van der Waals surface area contributed by atoms with Gasteiger partial charge in [-0.3, -0.25) is 4.57 Å². The van der Waals surface area contributed by atoms with Crippen molar-refractivity contribution in [1.82, 2.24) is 24.3 Å². The molecule has 1 fully saturated rings. The van der Waals surface area contributed by atoms with Crippen molar-refractivity contribution in [2.45, 2.75) is 23.7 Å². The Labute approximate surface area is 136 Å². The van der Waals surface area contributed by atoms with Crippen LogP contribution in [0.1, 0.15) is 6.92 Å². The smallest absolute Gasteiger partial charge is 0.378 e. The number of rotatable bonds is 5. The van der Waals surface area contributed by atoms with Gasteiger partial charge in [0.15, 0.2) is 10.2 Å². The fourth-order valence-corrected chi connectivity index (χ4v) is 3.35. The molecule has 1 aliphatic rings. The first-order valence-electron chi connectivity index (χ1n) is 7.21. The molecule has 0 radical (unpaired) electrons. The minimum absolute atomic E-state index is 0.170. The normalized spacial score (nSPS) is 15.1. The van der Waals surface area contributed by atoms with Crippen LogP contribution in [0.5, 0.6) is 0 Å². The minimum atomic E-state index is -0.488. The van der Waals surface area contributed by atoms with E-state index in [-0.39, 0.29) is 5.82 Å². The number of hydrogen-bond acceptors (Lipinski definition) is 8. The second-order valence-corrected chi connectivity index (χ2v) is 5.93. The van der Waals surface area contributed by atoms with E-state index in [1.165, 1.54) is 18.1 Å². The van der Waals surface area contributed by atoms with Gasteiger partial charge in [-0.15, -0.1) is 10.2 Å². The average molecular weight is 339 g/mol. The Morgan fingerprint density at radius 2 is 2.13 bits per heavy atom. The molecule has 0 bridgehead atoms. The summed E-state index contributed by atoms with van der Waals surface area (Å²) < 4.78 is 8.92. The van der Waals surface area contributed by atoms with E-state index in [4.69, 9.17) is 4.74 Å². The lowest BCUT2D eigenvalue weighted by Crippen LogP contribution is -2.38. The van der Waals surface area contributed by atoms with Crippen molar-refractivity contribution in [3.63, 3.8) is 0 Å². The molecule has 2 aromatic rings. The van der Waals surface area contributed by atoms with Gasteiger partial charge in [0.25, 0.3) is 0 Å². The number of nitro groups is 1. The second kappa shape index (κ2) is 6.54. The number of nitrogens with zero attached hydrogens (tertiary/aromatic N) is 7. The highest BCUT2D eigenvalue weighted by Crippen LogP contribution is 2.34. The number of imidazole rings is 1. The number of aryl methyl sites for hydroxylation is 1. The standard InChI is InChI=1S/C12H17N7O3S/c1-3-18-11(17-4-6-22-7-5-17)14-15-12(18)23-10-9(19(20)21)13-8-16(10)2/h8H,3-7H2,1-2H3. The van der Waals surface area contributed by atoms with Gasteiger partial charge in [-0.25, -0.2) is 0 Å². The second-order valence-electron chi connectivity index (χ2n) is 4.97. The van der Waals surface area contributed by atoms with Crippen LogP contribution in [0.25, 0.3) is 0 Å². The zero-order valence-electron chi connectivity index (χ0n) is 12.9. The van der Waals surface area contributed by atoms with E-state index in [2.05, 4.69) is 20.1 Å². The maximum Gasteiger partial charge on any atom is 0.396 e. The summed E-state index contributed by atoms with van der Waals surface area (Å²) in [4.78, 5) is 16.5. The predicted octanol–water partition coefficient (Wildman–Crippen LogP) is 0.927. The van der Waals surface area contributed by atoms with Crippen molar-refractivity contribution < 1.29 is 9.66 Å². The highest BCUT2D eigenvalue weighted by atomic mass is 32.2. The summed E-state index contributed by atoms with van der Waals surface area (Å²) in [6.07, 6.45) is 1.43. The lowest BCUT2D eigenvalue weighted by atomic mass is 10.4. The Hall–Kier alpha value is -2.14. The van der Waals surface area contributed by atoms with Crippen molar-refractivity contribution in [3.05, 3.63) is 16.4 Å². The lowest BCUT2D eigenvalue weighted by molar-refractivity contribution is -0.392. The summed E-state index contributed by atoms with van der Waals surface area (Å²) in [5.41, 5.74) is 0. The van der Waals surface area contributed by atoms with Crippen molar-refractivity contribution in [2.75, 3.05) is 31.2 Å². The Kier molecular flexibility index (Phi) is 4.48. The van der Waals surface area contributed by atoms with Crippen molar-refractivity contribution in [1.29, 1.82) is 0 Å². The molecule has 3 rings (SSSR count). The third-order valence-corrected chi connectivity index (χ3v) is 4.68. The topological polar surface area (TPSA) is 104 Å². The van der Waals surface area contributed by atoms with Crippen LogP contribution in [0, 0.1) is 10.1 Å². The maximum absolute atomic E-state index is 11.1. The molecule has 0 atom stereocenters. The molecule has 0 unspecified atom stereocenters. The van der Waals surface area contributed by atoms with Gasteiger partial charge in [-0.1, -0.05) is 0 Å². The fourth-order valence-electron chi connectivity index (χ4n) is 2.37. The van der Waals surface area contributed by atoms with Crippen LogP contribution in [0.4, 0.5) is 11.8 Å². The minimum Gasteiger partial charge on any atom is -0.378 e. The molecule has 23 heavy (non-hydrogen) atoms. The molecule has 0 spiro atoms. The van der Waals surface area contributed by atoms with Gasteiger partial charge in [0, 0.05) is 26.7 Å². The lowest BCUT2D eigenvalue weighted by Gasteiger charge is -2.27. The van der Waals surface area contributed by atoms with E-state index in [1.54, 1.807) is 11.6 Å². The third kappa shape index (κ3) is 3.01. The van der Waals surface area contributed by atoms with E-state index >= 15 is 0 Å². The molecule has 1 aliphatic heterocycles. The molecule has 0 aromatic carbocycles. The summed E-state index contributed by atoms with van der Waals surface area (Å²) in [5.74, 6) is 0.596. The quantitative estimate of drug-likeness (QED) is 0.585. The highest BCUT2D eigenvalue weighted by Gasteiger charge is 2.25. The Balaban J connectivity index is 1.90. The average Bonchev–Trinajstić information content (AvgIpc) is 3.13. The molecule has 0 aliphatic carbocycles. The Morgan fingerprint density at radius 3 is 2.78 bits per heavy atom. The van der Waals surface area contributed by atoms with Crippen LogP contribution in [-0.2, 0) is 18.3 Å². The summed E-state index contributed by atoms with van der Waals surface area (Å²) in [5, 5.41) is 20.6. The summed E-state index contributed by atoms with van der Waals surface area (Å²) >= 11 is 1.20. The summed E-state index contributed by atoms with van der Waals surface area (Å²) in [6, 6.07) is 0. The Bertz CT molecular complexity index is 708. The summed E-state index contributed by atoms with van der Waals surface area (Å²) in [7, 11) is 1.72. The van der Waals surface area contributed by atoms with Gasteiger partial charge in [0.1, 0.15) is 0 Å². The first kappa shape index (κ1) is 15.7. The maximum atomic E-state index is 11.1. The monoisotopic (exact) mass is 339 g/mol. The van der Waals surface area contributed by atoms with Gasteiger partial charge >= 0.3 is 5.82 Å². The molecule has 124 valence electrons. The molecular formula is C12H17N7O3S. The molecule has 10 nitrogen and oxygen atoms in total. The van der Waals surface area contributed by atoms with Crippen LogP contribution in [0.15, 0.2) is 16.5 Å². The van der Waals surface area contributed by atoms with Crippen LogP contribution in [-0.4, -0.2) is 55.5 Å². The fraction of sp³-hybridized carbons (Fsp3) is 0.583. The largest absolute Gasteiger partial charge is 0.396 e. The van der Waals surface area contributed by atoms with Crippen LogP contribution in [0.2, 0.25) is 0 Å². The number of aromatic nitrogens is 5. The Morgan fingerprint density at radius 1 is 1.39 bits per heavy atom. The number of hydrogen-bond donors (Lipinski definition) is 0. The first-order chi connectivity index (χ1) is 11.1. The number of anilines is 1. The number of ether oxygens (including phenoxy) is 1. The van der Waals surface area contributed by atoms with Crippen LogP contribution in [0.3, 0.4) is 0 Å². The van der Waals surface area contributed by atoms with Gasteiger partial charge < -0.3 is 24.3 Å². The van der Waals surface area contributed by atoms with E-state index in [1.807, 2.05) is 11.5 Å². The molecule has 2 aromatic heterocycles. The molecule has 0 amide bonds. The van der Waals surface area contributed by atoms with Gasteiger partial charge in [0.05, 0.1) is 13.2 Å². The van der Waals surface area contributed by atoms with E-state index in [0.29, 0.717) is 29.9 Å². The van der Waals surface area contributed by atoms with Crippen molar-refractivity contribution in [2.24, 2.45) is 7.05 Å². The van der Waals surface area contributed by atoms with E-state index in [0.717, 1.165) is 19.0 Å². The molecule has 0 N–H and O–H groups in total. The summed E-state index contributed by atoms with van der Waals surface area (Å²) in [6.45, 7) is 5.50. The molecule has 3 heterocycles. The van der Waals surface area contributed by atoms with Crippen molar-refractivity contribution >= 4 is 23.5 Å². The molecular weight excluding hydrogens is 322 g/mol. The van der Waals surface area contributed by atoms with Crippen molar-refractivity contribution in [3.8, 4) is 0 Å². The first-order valence-corrected chi connectivity index (χ1v) is 8.03. The molecule has 0 saturated carbocycles. The highest BCUT2D eigenvalue weighted by molar-refractivity contribution is 7.99. The zero-order valence-corrected chi connectivity index (χ0v) is 13.7. The SMILES string of the molecule is CCn1c(Sc2c([N+](=O)[O-])ncn2C)nnc1N1CCOCC1. The molecule has 1 saturated heterocycles. The van der Waals surface area contributed by atoms with E-state index in [9.17, 15) is 10.1 Å². The number of morpholine rings is 1. The zero-order chi connectivity index (χ0) is 16.4. The third-order valence-electron chi connectivity index (χ3n) is 3.53. The van der Waals surface area contributed by atoms with Crippen LogP contribution >= 0.6 is 11.8 Å². The molecule has 11 heteroatoms. The predicted molar refractivity (Wildman–Crippen MR) is 82.7 cm³/mol. The van der Waals surface area contributed by atoms with Crippen LogP contribution < -0.4 is 4.90 Å². The van der Waals surface area contributed by atoms with Gasteiger partial charge in [-0.05, 0) is 28.6 Å².